The van der Waals surface area contributed by atoms with Gasteiger partial charge in [0.15, 0.2) is 0 Å². The molecule has 0 spiro atoms. The maximum atomic E-state index is 11.5. The number of rotatable bonds is 4. The second-order valence-corrected chi connectivity index (χ2v) is 6.10. The lowest BCUT2D eigenvalue weighted by molar-refractivity contribution is -0.149. The molecule has 0 heterocycles. The van der Waals surface area contributed by atoms with Crippen molar-refractivity contribution in [3.05, 3.63) is 28.2 Å². The molecule has 0 bridgehead atoms. The van der Waals surface area contributed by atoms with E-state index in [4.69, 9.17) is 27.9 Å². The number of benzene rings is 1. The second kappa shape index (κ2) is 5.98. The fourth-order valence-electron chi connectivity index (χ4n) is 1.18. The summed E-state index contributed by atoms with van der Waals surface area (Å²) in [6, 6.07) is 5.28. The average molecular weight is 293 g/mol. The smallest absolute Gasteiger partial charge is 0.312 e. The predicted molar refractivity (Wildman–Crippen MR) is 73.0 cm³/mol. The van der Waals surface area contributed by atoms with Crippen LogP contribution in [0.1, 0.15) is 13.8 Å². The monoisotopic (exact) mass is 292 g/mol. The number of methoxy groups -OCH3 is 1. The zero-order valence-corrected chi connectivity index (χ0v) is 12.2. The molecule has 1 aromatic rings. The molecule has 5 heteroatoms. The van der Waals surface area contributed by atoms with Crippen molar-refractivity contribution in [1.29, 1.82) is 0 Å². The van der Waals surface area contributed by atoms with Crippen LogP contribution in [0.4, 0.5) is 0 Å². The first-order valence-electron chi connectivity index (χ1n) is 5.03. The molecule has 0 fully saturated rings. The lowest BCUT2D eigenvalue weighted by Gasteiger charge is -2.20. The lowest BCUT2D eigenvalue weighted by atomic mass is 9.97. The number of carbonyl (C=O) groups is 1. The van der Waals surface area contributed by atoms with Crippen LogP contribution in [0, 0.1) is 5.41 Å². The van der Waals surface area contributed by atoms with Crippen LogP contribution in [-0.4, -0.2) is 18.8 Å². The van der Waals surface area contributed by atoms with Crippen molar-refractivity contribution >= 4 is 40.9 Å². The fraction of sp³-hybridized carbons (Fsp3) is 0.417. The number of esters is 1. The first-order chi connectivity index (χ1) is 7.86. The first kappa shape index (κ1) is 14.7. The minimum absolute atomic E-state index is 0.233. The molecular weight excluding hydrogens is 279 g/mol. The highest BCUT2D eigenvalue weighted by molar-refractivity contribution is 7.99. The Balaban J connectivity index is 2.73. The quantitative estimate of drug-likeness (QED) is 0.612. The molecule has 2 nitrogen and oxygen atoms in total. The van der Waals surface area contributed by atoms with Crippen LogP contribution in [0.15, 0.2) is 23.1 Å². The highest BCUT2D eigenvalue weighted by Gasteiger charge is 2.29. The van der Waals surface area contributed by atoms with E-state index in [1.54, 1.807) is 18.2 Å². The van der Waals surface area contributed by atoms with Gasteiger partial charge in [0.25, 0.3) is 0 Å². The summed E-state index contributed by atoms with van der Waals surface area (Å²) in [7, 11) is 1.39. The second-order valence-electron chi connectivity index (χ2n) is 4.24. The van der Waals surface area contributed by atoms with E-state index in [9.17, 15) is 4.79 Å². The summed E-state index contributed by atoms with van der Waals surface area (Å²) in [6.07, 6.45) is 0. The third-order valence-electron chi connectivity index (χ3n) is 2.22. The van der Waals surface area contributed by atoms with Gasteiger partial charge in [0, 0.05) is 15.7 Å². The summed E-state index contributed by atoms with van der Waals surface area (Å²) >= 11 is 13.4. The fourth-order valence-corrected chi connectivity index (χ4v) is 2.75. The Kier molecular flexibility index (Phi) is 5.17. The van der Waals surface area contributed by atoms with Crippen molar-refractivity contribution in [2.75, 3.05) is 12.9 Å². The van der Waals surface area contributed by atoms with Crippen LogP contribution in [0.25, 0.3) is 0 Å². The Morgan fingerprint density at radius 1 is 1.41 bits per heavy atom. The first-order valence-corrected chi connectivity index (χ1v) is 6.77. The summed E-state index contributed by atoms with van der Waals surface area (Å²) in [4.78, 5) is 12.4. The van der Waals surface area contributed by atoms with Crippen molar-refractivity contribution in [3.8, 4) is 0 Å². The van der Waals surface area contributed by atoms with Gasteiger partial charge in [-0.25, -0.2) is 0 Å². The number of carbonyl (C=O) groups excluding carboxylic acids is 1. The van der Waals surface area contributed by atoms with Crippen molar-refractivity contribution < 1.29 is 9.53 Å². The molecule has 0 unspecified atom stereocenters. The van der Waals surface area contributed by atoms with Crippen LogP contribution in [0.2, 0.25) is 10.0 Å². The van der Waals surface area contributed by atoms with E-state index in [0.717, 1.165) is 4.90 Å². The van der Waals surface area contributed by atoms with Gasteiger partial charge >= 0.3 is 5.97 Å². The molecule has 0 aromatic heterocycles. The van der Waals surface area contributed by atoms with Gasteiger partial charge in [-0.2, -0.15) is 0 Å². The van der Waals surface area contributed by atoms with Gasteiger partial charge in [0.2, 0.25) is 0 Å². The lowest BCUT2D eigenvalue weighted by Crippen LogP contribution is -2.28. The van der Waals surface area contributed by atoms with E-state index in [0.29, 0.717) is 15.8 Å². The molecule has 0 aliphatic rings. The average Bonchev–Trinajstić information content (AvgIpc) is 2.29. The molecule has 0 aliphatic heterocycles. The van der Waals surface area contributed by atoms with Crippen molar-refractivity contribution in [3.63, 3.8) is 0 Å². The number of thioether (sulfide) groups is 1. The topological polar surface area (TPSA) is 26.3 Å². The Hall–Kier alpha value is -0.380. The third-order valence-corrected chi connectivity index (χ3v) is 4.41. The van der Waals surface area contributed by atoms with Crippen molar-refractivity contribution in [2.45, 2.75) is 18.7 Å². The number of hydrogen-bond acceptors (Lipinski definition) is 3. The summed E-state index contributed by atoms with van der Waals surface area (Å²) in [5, 5.41) is 1.27. The van der Waals surface area contributed by atoms with Gasteiger partial charge in [-0.15, -0.1) is 11.8 Å². The molecule has 1 rings (SSSR count). The minimum atomic E-state index is -0.551. The van der Waals surface area contributed by atoms with E-state index >= 15 is 0 Å². The third kappa shape index (κ3) is 4.09. The molecule has 0 amide bonds. The standard InChI is InChI=1S/C12H14Cl2O2S/c1-12(2,11(15)16-3)7-17-10-6-8(13)4-5-9(10)14/h4-6H,7H2,1-3H3. The molecule has 17 heavy (non-hydrogen) atoms. The summed E-state index contributed by atoms with van der Waals surface area (Å²) < 4.78 is 4.75. The molecule has 0 N–H and O–H groups in total. The van der Waals surface area contributed by atoms with Crippen molar-refractivity contribution in [2.24, 2.45) is 5.41 Å². The van der Waals surface area contributed by atoms with Gasteiger partial charge in [0.1, 0.15) is 0 Å². The molecule has 0 radical (unpaired) electrons. The Bertz CT molecular complexity index is 419. The van der Waals surface area contributed by atoms with E-state index in [1.807, 2.05) is 13.8 Å². The summed E-state index contributed by atoms with van der Waals surface area (Å²) in [5.74, 6) is 0.350. The van der Waals surface area contributed by atoms with Gasteiger partial charge in [-0.3, -0.25) is 4.79 Å². The molecule has 0 aliphatic carbocycles. The number of ether oxygens (including phenoxy) is 1. The van der Waals surface area contributed by atoms with E-state index < -0.39 is 5.41 Å². The molecule has 0 saturated heterocycles. The molecule has 1 aromatic carbocycles. The summed E-state index contributed by atoms with van der Waals surface area (Å²) in [6.45, 7) is 3.68. The maximum Gasteiger partial charge on any atom is 0.312 e. The van der Waals surface area contributed by atoms with E-state index in [2.05, 4.69) is 0 Å². The van der Waals surface area contributed by atoms with Crippen LogP contribution in [-0.2, 0) is 9.53 Å². The molecule has 0 atom stereocenters. The molecular formula is C12H14Cl2O2S. The normalized spacial score (nSPS) is 11.4. The van der Waals surface area contributed by atoms with Gasteiger partial charge < -0.3 is 4.74 Å². The largest absolute Gasteiger partial charge is 0.469 e. The summed E-state index contributed by atoms with van der Waals surface area (Å²) in [5.41, 5.74) is -0.551. The predicted octanol–water partition coefficient (Wildman–Crippen LogP) is 4.28. The number of hydrogen-bond donors (Lipinski definition) is 0. The van der Waals surface area contributed by atoms with Gasteiger partial charge in [-0.1, -0.05) is 23.2 Å². The Labute approximate surface area is 116 Å². The van der Waals surface area contributed by atoms with Gasteiger partial charge in [-0.05, 0) is 32.0 Å². The van der Waals surface area contributed by atoms with E-state index in [-0.39, 0.29) is 5.97 Å². The van der Waals surface area contributed by atoms with E-state index in [1.165, 1.54) is 18.9 Å². The van der Waals surface area contributed by atoms with Crippen molar-refractivity contribution in [1.82, 2.24) is 0 Å². The highest BCUT2D eigenvalue weighted by atomic mass is 35.5. The maximum absolute atomic E-state index is 11.5. The van der Waals surface area contributed by atoms with Crippen LogP contribution in [0.3, 0.4) is 0 Å². The van der Waals surface area contributed by atoms with Crippen LogP contribution >= 0.6 is 35.0 Å². The SMILES string of the molecule is COC(=O)C(C)(C)CSc1cc(Cl)ccc1Cl. The highest BCUT2D eigenvalue weighted by Crippen LogP contribution is 2.34. The van der Waals surface area contributed by atoms with Crippen LogP contribution in [0.5, 0.6) is 0 Å². The minimum Gasteiger partial charge on any atom is -0.469 e. The number of halogens is 2. The molecule has 94 valence electrons. The Morgan fingerprint density at radius 3 is 2.65 bits per heavy atom. The Morgan fingerprint density at radius 2 is 2.06 bits per heavy atom. The molecule has 0 saturated carbocycles. The zero-order chi connectivity index (χ0) is 13.1. The van der Waals surface area contributed by atoms with Crippen LogP contribution < -0.4 is 0 Å². The zero-order valence-electron chi connectivity index (χ0n) is 9.92. The van der Waals surface area contributed by atoms with Gasteiger partial charge in [0.05, 0.1) is 17.5 Å².